The molecule has 0 fully saturated rings. The van der Waals surface area contributed by atoms with Gasteiger partial charge >= 0.3 is 17.1 Å². The van der Waals surface area contributed by atoms with Crippen LogP contribution in [0.1, 0.15) is 0 Å². The van der Waals surface area contributed by atoms with E-state index in [4.69, 9.17) is 154 Å². The van der Waals surface area contributed by atoms with Gasteiger partial charge in [0.1, 0.15) is 85.6 Å². The van der Waals surface area contributed by atoms with Crippen molar-refractivity contribution in [2.45, 2.75) is 0 Å². The first-order chi connectivity index (χ1) is 50.4. The Morgan fingerprint density at radius 2 is 0.398 bits per heavy atom. The molecule has 0 amide bonds. The van der Waals surface area contributed by atoms with Gasteiger partial charge in [0.15, 0.2) is 13.6 Å². The molecule has 7 aromatic rings. The fourth-order valence-corrected chi connectivity index (χ4v) is 10.2. The molecule has 0 aliphatic carbocycles. The Hall–Kier alpha value is -7.48. The van der Waals surface area contributed by atoms with Crippen LogP contribution in [0.5, 0.6) is 46.0 Å². The van der Waals surface area contributed by atoms with Gasteiger partial charge in [0.2, 0.25) is 0 Å². The maximum atomic E-state index is 6.67. The van der Waals surface area contributed by atoms with Crippen LogP contribution in [0.4, 0.5) is 0 Å². The molecule has 103 heavy (non-hydrogen) atoms. The number of ether oxygens (including phenoxy) is 24. The van der Waals surface area contributed by atoms with E-state index in [0.29, 0.717) is 171 Å². The van der Waals surface area contributed by atoms with E-state index in [1.165, 1.54) is 0 Å². The molecule has 1 radical (unpaired) electrons. The molecule has 0 spiro atoms. The predicted octanol–water partition coefficient (Wildman–Crippen LogP) is 6.37. The summed E-state index contributed by atoms with van der Waals surface area (Å²) >= 11 is 0. The molecule has 2 aliphatic heterocycles. The summed E-state index contributed by atoms with van der Waals surface area (Å²) in [6.07, 6.45) is 0. The topological polar surface area (TPSA) is 327 Å². The minimum atomic E-state index is -0.212. The number of fused-ring (bicyclic) bond motifs is 20. The number of rotatable bonds is 54. The van der Waals surface area contributed by atoms with Crippen LogP contribution in [-0.2, 0) is 92.9 Å². The van der Waals surface area contributed by atoms with Gasteiger partial charge in [-0.25, -0.2) is 9.97 Å². The second-order valence-corrected chi connectivity index (χ2v) is 21.8. The van der Waals surface area contributed by atoms with E-state index < -0.39 is 0 Å². The van der Waals surface area contributed by atoms with Gasteiger partial charge in [-0.15, -0.1) is 0 Å². The molecule has 8 bridgehead atoms. The molecule has 567 valence electrons. The largest absolute Gasteiger partial charge is 2.00 e. The number of aromatic nitrogens is 8. The summed E-state index contributed by atoms with van der Waals surface area (Å²) < 4.78 is 142. The molecular formula is C70H92CuN8O24. The van der Waals surface area contributed by atoms with Crippen molar-refractivity contribution in [2.75, 3.05) is 255 Å². The standard InChI is InChI=1S/C70H92N8O24.Cu/c1-79-17-25-87-33-39-95-47-9-10-48(96-40-34-88-26-18-80-2)56-55(47)63-71-64(56)73-66-58-50(98-42-36-90-28-20-82-4)12-14-52(100-44-38-92-30-22-84-6)60(58)68(75-66)77-70-62-54(102-46-94-32-24-86-8)16-15-53(101-45-93-31-23-85-7)61(62)69(78-70)76-67-59-51(99-43-37-91-29-21-83-5)13-11-49(57(59)65(72-63)74-67)97-41-35-89-27-19-81-3;/h9-16H,17-46H2,1-8H3;/q-2;+2. The normalized spacial score (nSPS) is 11.7. The summed E-state index contributed by atoms with van der Waals surface area (Å²) in [5, 5.41) is 1.48. The van der Waals surface area contributed by atoms with Gasteiger partial charge in [-0.2, -0.15) is 0 Å². The van der Waals surface area contributed by atoms with Crippen LogP contribution in [0.15, 0.2) is 48.5 Å². The van der Waals surface area contributed by atoms with Gasteiger partial charge in [-0.3, -0.25) is 0 Å². The van der Waals surface area contributed by atoms with Crippen molar-refractivity contribution >= 4 is 44.1 Å². The summed E-state index contributed by atoms with van der Waals surface area (Å²) in [5.41, 5.74) is 1.73. The van der Waals surface area contributed by atoms with Crippen LogP contribution in [0.3, 0.4) is 0 Å². The smallest absolute Gasteiger partial charge is 0.490 e. The van der Waals surface area contributed by atoms with Gasteiger partial charge in [-0.05, 0) is 48.5 Å². The van der Waals surface area contributed by atoms with E-state index in [-0.39, 0.29) is 181 Å². The molecule has 2 aliphatic rings. The first kappa shape index (κ1) is 81.2. The zero-order valence-corrected chi connectivity index (χ0v) is 60.5. The molecule has 0 N–H and O–H groups in total. The first-order valence-corrected chi connectivity index (χ1v) is 33.4. The monoisotopic (exact) mass is 1490 g/mol. The molecule has 9 rings (SSSR count). The molecule has 5 heterocycles. The minimum absolute atomic E-state index is 0. The van der Waals surface area contributed by atoms with Crippen molar-refractivity contribution in [1.82, 2.24) is 39.9 Å². The maximum absolute atomic E-state index is 6.67. The second-order valence-electron chi connectivity index (χ2n) is 21.8. The number of hydrogen-bond acceptors (Lipinski definition) is 30. The Morgan fingerprint density at radius 3 is 0.621 bits per heavy atom. The zero-order chi connectivity index (χ0) is 71.4. The van der Waals surface area contributed by atoms with Crippen LogP contribution < -0.4 is 47.9 Å². The van der Waals surface area contributed by atoms with Crippen molar-refractivity contribution in [3.63, 3.8) is 0 Å². The molecule has 3 aromatic heterocycles. The Bertz CT molecular complexity index is 3610. The van der Waals surface area contributed by atoms with E-state index in [0.717, 1.165) is 0 Å². The summed E-state index contributed by atoms with van der Waals surface area (Å²) in [6, 6.07) is 14.0. The molecule has 0 saturated carbocycles. The third-order valence-electron chi connectivity index (χ3n) is 15.0. The first-order valence-electron chi connectivity index (χ1n) is 33.4. The predicted molar refractivity (Wildman–Crippen MR) is 370 cm³/mol. The average Bonchev–Trinajstić information content (AvgIpc) is 1.58. The molecule has 0 saturated heterocycles. The van der Waals surface area contributed by atoms with E-state index in [1.54, 1.807) is 105 Å². The Kier molecular flexibility index (Phi) is 36.0. The number of benzene rings is 4. The maximum Gasteiger partial charge on any atom is 2.00 e. The summed E-state index contributed by atoms with van der Waals surface area (Å²) in [5.74, 6) is 2.88. The molecule has 0 atom stereocenters. The summed E-state index contributed by atoms with van der Waals surface area (Å²) in [6.45, 7) is 6.68. The van der Waals surface area contributed by atoms with Gasteiger partial charge < -0.3 is 144 Å². The number of methoxy groups -OCH3 is 8. The van der Waals surface area contributed by atoms with E-state index in [1.807, 2.05) is 0 Å². The van der Waals surface area contributed by atoms with Crippen molar-refractivity contribution < 1.29 is 131 Å². The third-order valence-corrected chi connectivity index (χ3v) is 15.0. The molecular weight excluding hydrogens is 1400 g/mol. The van der Waals surface area contributed by atoms with Crippen molar-refractivity contribution in [3.05, 3.63) is 48.5 Å². The average molecular weight is 1490 g/mol. The van der Waals surface area contributed by atoms with Gasteiger partial charge in [0, 0.05) is 101 Å². The van der Waals surface area contributed by atoms with Crippen LogP contribution >= 0.6 is 0 Å². The third kappa shape index (κ3) is 23.3. The SMILES string of the molecule is COCCOCCOc1ccc(OCCOCCOC)c2c1-c1nc-2nc2[n-]c(nc3nc(nc4[n-]c(n1)c1c(OCCOCCOC)ccc(OCCOCCOC)c41)-c1c(OCOCCOC)ccc(OCOCCOC)c1-3)c1c(OCCOCCOC)ccc(OCCOCCOC)c21.[Cu+2]. The Morgan fingerprint density at radius 1 is 0.214 bits per heavy atom. The molecule has 33 heteroatoms. The molecule has 32 nitrogen and oxygen atoms in total. The van der Waals surface area contributed by atoms with Gasteiger partial charge in [0.25, 0.3) is 0 Å². The van der Waals surface area contributed by atoms with Crippen LogP contribution in [0.2, 0.25) is 0 Å². The van der Waals surface area contributed by atoms with Crippen molar-refractivity contribution in [1.29, 1.82) is 0 Å². The fourth-order valence-electron chi connectivity index (χ4n) is 10.2. The van der Waals surface area contributed by atoms with Crippen LogP contribution in [0, 0.1) is 0 Å². The van der Waals surface area contributed by atoms with Crippen LogP contribution in [-0.4, -0.2) is 285 Å². The second kappa shape index (κ2) is 45.7. The van der Waals surface area contributed by atoms with Crippen molar-refractivity contribution in [3.8, 4) is 91.5 Å². The van der Waals surface area contributed by atoms with E-state index >= 15 is 0 Å². The number of nitrogens with zero attached hydrogens (tertiary/aromatic N) is 8. The quantitative estimate of drug-likeness (QED) is 0.0227. The van der Waals surface area contributed by atoms with Crippen molar-refractivity contribution in [2.24, 2.45) is 0 Å². The zero-order valence-electron chi connectivity index (χ0n) is 59.5. The van der Waals surface area contributed by atoms with E-state index in [9.17, 15) is 0 Å². The summed E-state index contributed by atoms with van der Waals surface area (Å²) in [7, 11) is 12.8. The van der Waals surface area contributed by atoms with Crippen LogP contribution in [0.25, 0.3) is 89.7 Å². The summed E-state index contributed by atoms with van der Waals surface area (Å²) in [4.78, 5) is 43.0. The molecule has 4 aromatic carbocycles. The number of hydrogen-bond donors (Lipinski definition) is 0. The Balaban J connectivity index is 0.0000134. The minimum Gasteiger partial charge on any atom is -0.490 e. The Labute approximate surface area is 607 Å². The van der Waals surface area contributed by atoms with Gasteiger partial charge in [-0.1, -0.05) is 0 Å². The van der Waals surface area contributed by atoms with E-state index in [2.05, 4.69) is 0 Å². The molecule has 0 unspecified atom stereocenters. The van der Waals surface area contributed by atoms with Gasteiger partial charge in [0.05, 0.1) is 191 Å². The fraction of sp³-hybridized carbons (Fsp3) is 0.543.